The van der Waals surface area contributed by atoms with E-state index in [1.54, 1.807) is 0 Å². The normalized spacial score (nSPS) is 11.1. The van der Waals surface area contributed by atoms with Gasteiger partial charge in [-0.2, -0.15) is 0 Å². The fraction of sp³-hybridized carbons (Fsp3) is 0.0833. The average molecular weight is 311 g/mol. The number of sulfonamides is 1. The van der Waals surface area contributed by atoms with Crippen LogP contribution in [0.5, 0.6) is 0 Å². The summed E-state index contributed by atoms with van der Waals surface area (Å²) in [5, 5.41) is 8.94. The van der Waals surface area contributed by atoms with Gasteiger partial charge in [0.15, 0.2) is 11.5 Å². The Balaban J connectivity index is 2.45. The first-order chi connectivity index (χ1) is 9.81. The maximum absolute atomic E-state index is 13.0. The lowest BCUT2D eigenvalue weighted by Crippen LogP contribution is -2.18. The SMILES string of the molecule is Cc1cc(F)ccc1S(=O)(=O)Nc1nccnc1C(=O)O. The molecule has 2 N–H and O–H groups in total. The molecule has 0 aliphatic carbocycles. The number of carboxylic acid groups (broad SMARTS) is 1. The number of aromatic nitrogens is 2. The highest BCUT2D eigenvalue weighted by Gasteiger charge is 2.22. The van der Waals surface area contributed by atoms with Crippen molar-refractivity contribution in [2.75, 3.05) is 4.72 Å². The third kappa shape index (κ3) is 3.14. The zero-order chi connectivity index (χ0) is 15.6. The van der Waals surface area contributed by atoms with Crippen LogP contribution in [0.25, 0.3) is 0 Å². The molecule has 0 fully saturated rings. The first-order valence-corrected chi connectivity index (χ1v) is 7.13. The van der Waals surface area contributed by atoms with Crippen LogP contribution in [0.2, 0.25) is 0 Å². The molecule has 1 aromatic heterocycles. The van der Waals surface area contributed by atoms with Gasteiger partial charge in [0.2, 0.25) is 0 Å². The van der Waals surface area contributed by atoms with Gasteiger partial charge in [-0.1, -0.05) is 0 Å². The summed E-state index contributed by atoms with van der Waals surface area (Å²) in [6, 6.07) is 3.14. The second kappa shape index (κ2) is 5.44. The quantitative estimate of drug-likeness (QED) is 0.884. The van der Waals surface area contributed by atoms with E-state index in [1.807, 2.05) is 4.72 Å². The van der Waals surface area contributed by atoms with Gasteiger partial charge in [0.05, 0.1) is 4.90 Å². The Labute approximate surface area is 119 Å². The van der Waals surface area contributed by atoms with Gasteiger partial charge in [-0.25, -0.2) is 27.6 Å². The van der Waals surface area contributed by atoms with Crippen molar-refractivity contribution in [2.24, 2.45) is 0 Å². The van der Waals surface area contributed by atoms with Crippen LogP contribution in [0.4, 0.5) is 10.2 Å². The van der Waals surface area contributed by atoms with Gasteiger partial charge < -0.3 is 5.11 Å². The predicted octanol–water partition coefficient (Wildman–Crippen LogP) is 1.42. The molecule has 0 saturated carbocycles. The first kappa shape index (κ1) is 14.9. The number of rotatable bonds is 4. The molecule has 0 bridgehead atoms. The van der Waals surface area contributed by atoms with Crippen LogP contribution < -0.4 is 4.72 Å². The number of carbonyl (C=O) groups is 1. The molecule has 110 valence electrons. The van der Waals surface area contributed by atoms with Gasteiger partial charge in [-0.3, -0.25) is 4.72 Å². The van der Waals surface area contributed by atoms with E-state index in [0.29, 0.717) is 0 Å². The number of hydrogen-bond donors (Lipinski definition) is 2. The van der Waals surface area contributed by atoms with Gasteiger partial charge in [-0.15, -0.1) is 0 Å². The molecule has 0 aliphatic rings. The van der Waals surface area contributed by atoms with Crippen LogP contribution in [-0.2, 0) is 10.0 Å². The van der Waals surface area contributed by atoms with E-state index in [1.165, 1.54) is 6.92 Å². The van der Waals surface area contributed by atoms with Crippen molar-refractivity contribution >= 4 is 21.8 Å². The van der Waals surface area contributed by atoms with Crippen LogP contribution in [0.3, 0.4) is 0 Å². The molecule has 9 heteroatoms. The van der Waals surface area contributed by atoms with E-state index >= 15 is 0 Å². The maximum atomic E-state index is 13.0. The standard InChI is InChI=1S/C12H10FN3O4S/c1-7-6-8(13)2-3-9(7)21(19,20)16-11-10(12(17)18)14-4-5-15-11/h2-6H,1H3,(H,15,16)(H,17,18). The van der Waals surface area contributed by atoms with Crippen molar-refractivity contribution in [2.45, 2.75) is 11.8 Å². The van der Waals surface area contributed by atoms with Gasteiger partial charge in [0.1, 0.15) is 5.82 Å². The van der Waals surface area contributed by atoms with E-state index in [2.05, 4.69) is 9.97 Å². The monoisotopic (exact) mass is 311 g/mol. The molecule has 7 nitrogen and oxygen atoms in total. The van der Waals surface area contributed by atoms with E-state index in [4.69, 9.17) is 5.11 Å². The van der Waals surface area contributed by atoms with Crippen LogP contribution in [0.15, 0.2) is 35.5 Å². The lowest BCUT2D eigenvalue weighted by molar-refractivity contribution is 0.0691. The maximum Gasteiger partial charge on any atom is 0.358 e. The van der Waals surface area contributed by atoms with Gasteiger partial charge in [0, 0.05) is 12.4 Å². The van der Waals surface area contributed by atoms with Crippen molar-refractivity contribution in [3.63, 3.8) is 0 Å². The molecule has 0 unspecified atom stereocenters. The highest BCUT2D eigenvalue weighted by atomic mass is 32.2. The molecule has 0 spiro atoms. The third-order valence-electron chi connectivity index (χ3n) is 2.56. The van der Waals surface area contributed by atoms with Crippen molar-refractivity contribution in [1.82, 2.24) is 9.97 Å². The first-order valence-electron chi connectivity index (χ1n) is 5.64. The van der Waals surface area contributed by atoms with Crippen LogP contribution in [0.1, 0.15) is 16.1 Å². The molecular formula is C12H10FN3O4S. The lowest BCUT2D eigenvalue weighted by Gasteiger charge is -2.10. The Morgan fingerprint density at radius 3 is 2.57 bits per heavy atom. The van der Waals surface area contributed by atoms with Crippen molar-refractivity contribution in [3.8, 4) is 0 Å². The minimum atomic E-state index is -4.10. The summed E-state index contributed by atoms with van der Waals surface area (Å²) in [6.45, 7) is 1.42. The fourth-order valence-corrected chi connectivity index (χ4v) is 2.91. The molecule has 0 radical (unpaired) electrons. The van der Waals surface area contributed by atoms with E-state index < -0.39 is 33.3 Å². The lowest BCUT2D eigenvalue weighted by atomic mass is 10.2. The smallest absolute Gasteiger partial charge is 0.358 e. The Bertz CT molecular complexity index is 808. The summed E-state index contributed by atoms with van der Waals surface area (Å²) in [5.41, 5.74) is -0.343. The van der Waals surface area contributed by atoms with E-state index in [9.17, 15) is 17.6 Å². The minimum Gasteiger partial charge on any atom is -0.476 e. The largest absolute Gasteiger partial charge is 0.476 e. The zero-order valence-electron chi connectivity index (χ0n) is 10.7. The van der Waals surface area contributed by atoms with Gasteiger partial charge in [-0.05, 0) is 30.7 Å². The number of nitrogens with zero attached hydrogens (tertiary/aromatic N) is 2. The molecule has 2 rings (SSSR count). The van der Waals surface area contributed by atoms with E-state index in [-0.39, 0.29) is 10.5 Å². The summed E-state index contributed by atoms with van der Waals surface area (Å²) in [7, 11) is -4.10. The molecule has 0 aliphatic heterocycles. The molecular weight excluding hydrogens is 301 g/mol. The summed E-state index contributed by atoms with van der Waals surface area (Å²) < 4.78 is 39.5. The highest BCUT2D eigenvalue weighted by Crippen LogP contribution is 2.20. The summed E-state index contributed by atoms with van der Waals surface area (Å²) >= 11 is 0. The number of aromatic carboxylic acids is 1. The molecule has 0 amide bonds. The number of benzene rings is 1. The summed E-state index contributed by atoms with van der Waals surface area (Å²) in [5.74, 6) is -2.40. The number of hydrogen-bond acceptors (Lipinski definition) is 5. The second-order valence-corrected chi connectivity index (χ2v) is 5.72. The molecule has 2 aromatic rings. The Hall–Kier alpha value is -2.55. The number of carboxylic acids is 1. The highest BCUT2D eigenvalue weighted by molar-refractivity contribution is 7.92. The molecule has 0 saturated heterocycles. The number of anilines is 1. The topological polar surface area (TPSA) is 109 Å². The number of halogens is 1. The third-order valence-corrected chi connectivity index (χ3v) is 4.06. The van der Waals surface area contributed by atoms with Crippen LogP contribution >= 0.6 is 0 Å². The Morgan fingerprint density at radius 2 is 1.95 bits per heavy atom. The number of aryl methyl sites for hydroxylation is 1. The van der Waals surface area contributed by atoms with Crippen molar-refractivity contribution in [1.29, 1.82) is 0 Å². The molecule has 1 aromatic carbocycles. The zero-order valence-corrected chi connectivity index (χ0v) is 11.6. The molecule has 0 atom stereocenters. The second-order valence-electron chi connectivity index (χ2n) is 4.07. The Morgan fingerprint density at radius 1 is 1.29 bits per heavy atom. The Kier molecular flexibility index (Phi) is 3.85. The average Bonchev–Trinajstić information content (AvgIpc) is 2.37. The summed E-state index contributed by atoms with van der Waals surface area (Å²) in [6.07, 6.45) is 2.28. The molecule has 1 heterocycles. The van der Waals surface area contributed by atoms with Crippen LogP contribution in [-0.4, -0.2) is 29.5 Å². The van der Waals surface area contributed by atoms with Crippen LogP contribution in [0, 0.1) is 12.7 Å². The van der Waals surface area contributed by atoms with E-state index in [0.717, 1.165) is 30.6 Å². The number of nitrogens with one attached hydrogen (secondary N) is 1. The van der Waals surface area contributed by atoms with Gasteiger partial charge >= 0.3 is 5.97 Å². The molecule has 21 heavy (non-hydrogen) atoms. The predicted molar refractivity (Wildman–Crippen MR) is 70.9 cm³/mol. The summed E-state index contributed by atoms with van der Waals surface area (Å²) in [4.78, 5) is 18.0. The van der Waals surface area contributed by atoms with Crippen molar-refractivity contribution < 1.29 is 22.7 Å². The van der Waals surface area contributed by atoms with Gasteiger partial charge in [0.25, 0.3) is 10.0 Å². The minimum absolute atomic E-state index is 0.175. The van der Waals surface area contributed by atoms with Crippen molar-refractivity contribution in [3.05, 3.63) is 47.7 Å². The fourth-order valence-electron chi connectivity index (χ4n) is 1.67.